The molecule has 3 aromatic rings. The van der Waals surface area contributed by atoms with E-state index in [0.717, 1.165) is 10.6 Å². The molecule has 1 fully saturated rings. The van der Waals surface area contributed by atoms with Crippen molar-refractivity contribution in [1.82, 2.24) is 9.88 Å². The number of aromatic nitrogens is 1. The Hall–Kier alpha value is -2.65. The number of benzene rings is 2. The van der Waals surface area contributed by atoms with Crippen molar-refractivity contribution in [1.29, 1.82) is 0 Å². The smallest absolute Gasteiger partial charge is 0.223 e. The van der Waals surface area contributed by atoms with E-state index in [2.05, 4.69) is 30.9 Å². The second kappa shape index (κ2) is 9.07. The molecule has 2 aromatic carbocycles. The molecule has 4 rings (SSSR count). The van der Waals surface area contributed by atoms with Crippen molar-refractivity contribution in [2.75, 3.05) is 43.9 Å². The number of rotatable bonds is 6. The standard InChI is InChI=1S/C23H27N3O4S2/c1-16-14-20-21(15-17(16)2)31-23(24-20)26-11-9-25(10-12-26)22(27)8-13-32(28,29)19-6-4-18(30-3)5-7-19/h4-7,14-15H,8-13H2,1-3H3. The molecule has 0 bridgehead atoms. The summed E-state index contributed by atoms with van der Waals surface area (Å²) in [7, 11) is -1.99. The highest BCUT2D eigenvalue weighted by molar-refractivity contribution is 7.91. The molecule has 0 unspecified atom stereocenters. The van der Waals surface area contributed by atoms with Gasteiger partial charge in [-0.15, -0.1) is 0 Å². The minimum atomic E-state index is -3.52. The molecule has 0 saturated carbocycles. The van der Waals surface area contributed by atoms with Crippen molar-refractivity contribution in [3.63, 3.8) is 0 Å². The van der Waals surface area contributed by atoms with Gasteiger partial charge < -0.3 is 14.5 Å². The zero-order valence-corrected chi connectivity index (χ0v) is 20.1. The highest BCUT2D eigenvalue weighted by Gasteiger charge is 2.25. The van der Waals surface area contributed by atoms with Crippen LogP contribution in [-0.2, 0) is 14.6 Å². The quantitative estimate of drug-likeness (QED) is 0.546. The molecular weight excluding hydrogens is 446 g/mol. The number of aryl methyl sites for hydroxylation is 2. The van der Waals surface area contributed by atoms with Gasteiger partial charge in [-0.3, -0.25) is 4.79 Å². The lowest BCUT2D eigenvalue weighted by atomic mass is 10.1. The average molecular weight is 474 g/mol. The van der Waals surface area contributed by atoms with Gasteiger partial charge in [0.1, 0.15) is 5.75 Å². The van der Waals surface area contributed by atoms with Crippen molar-refractivity contribution in [3.8, 4) is 5.75 Å². The van der Waals surface area contributed by atoms with Gasteiger partial charge in [-0.1, -0.05) is 11.3 Å². The number of carbonyl (C=O) groups excluding carboxylic acids is 1. The van der Waals surface area contributed by atoms with Crippen LogP contribution in [0.2, 0.25) is 0 Å². The first kappa shape index (κ1) is 22.5. The lowest BCUT2D eigenvalue weighted by Gasteiger charge is -2.34. The van der Waals surface area contributed by atoms with Gasteiger partial charge in [-0.05, 0) is 61.4 Å². The number of fused-ring (bicyclic) bond motifs is 1. The van der Waals surface area contributed by atoms with Crippen molar-refractivity contribution >= 4 is 42.4 Å². The molecule has 0 N–H and O–H groups in total. The van der Waals surface area contributed by atoms with Crippen LogP contribution in [0.15, 0.2) is 41.3 Å². The van der Waals surface area contributed by atoms with E-state index >= 15 is 0 Å². The molecule has 1 aliphatic rings. The van der Waals surface area contributed by atoms with E-state index in [4.69, 9.17) is 9.72 Å². The summed E-state index contributed by atoms with van der Waals surface area (Å²) in [5, 5.41) is 0.971. The molecule has 1 aromatic heterocycles. The lowest BCUT2D eigenvalue weighted by Crippen LogP contribution is -2.49. The van der Waals surface area contributed by atoms with E-state index in [1.807, 2.05) is 0 Å². The first-order valence-corrected chi connectivity index (χ1v) is 13.0. The number of hydrogen-bond donors (Lipinski definition) is 0. The van der Waals surface area contributed by atoms with E-state index in [-0.39, 0.29) is 23.0 Å². The highest BCUT2D eigenvalue weighted by Crippen LogP contribution is 2.31. The van der Waals surface area contributed by atoms with Crippen molar-refractivity contribution in [2.45, 2.75) is 25.2 Å². The minimum Gasteiger partial charge on any atom is -0.497 e. The summed E-state index contributed by atoms with van der Waals surface area (Å²) in [6, 6.07) is 10.5. The number of sulfone groups is 1. The van der Waals surface area contributed by atoms with Crippen LogP contribution in [0.5, 0.6) is 5.75 Å². The number of ether oxygens (including phenoxy) is 1. The molecule has 0 aliphatic carbocycles. The van der Waals surface area contributed by atoms with Gasteiger partial charge in [0, 0.05) is 32.6 Å². The van der Waals surface area contributed by atoms with Crippen LogP contribution in [0.3, 0.4) is 0 Å². The predicted molar refractivity (Wildman–Crippen MR) is 128 cm³/mol. The monoisotopic (exact) mass is 473 g/mol. The van der Waals surface area contributed by atoms with E-state index < -0.39 is 9.84 Å². The molecule has 0 atom stereocenters. The topological polar surface area (TPSA) is 79.8 Å². The Morgan fingerprint density at radius 3 is 2.38 bits per heavy atom. The third-order valence-electron chi connectivity index (χ3n) is 5.90. The predicted octanol–water partition coefficient (Wildman–Crippen LogP) is 3.43. The minimum absolute atomic E-state index is 0.0198. The fourth-order valence-corrected chi connectivity index (χ4v) is 6.06. The van der Waals surface area contributed by atoms with Gasteiger partial charge in [-0.25, -0.2) is 13.4 Å². The van der Waals surface area contributed by atoms with Gasteiger partial charge in [0.2, 0.25) is 5.91 Å². The number of methoxy groups -OCH3 is 1. The van der Waals surface area contributed by atoms with Crippen LogP contribution in [0.1, 0.15) is 17.5 Å². The second-order valence-corrected chi connectivity index (χ2v) is 11.1. The molecule has 0 spiro atoms. The Bertz CT molecular complexity index is 1190. The van der Waals surface area contributed by atoms with E-state index in [1.54, 1.807) is 28.4 Å². The number of hydrogen-bond acceptors (Lipinski definition) is 7. The number of carbonyl (C=O) groups is 1. The highest BCUT2D eigenvalue weighted by atomic mass is 32.2. The van der Waals surface area contributed by atoms with Crippen LogP contribution in [0.25, 0.3) is 10.2 Å². The molecule has 7 nitrogen and oxygen atoms in total. The largest absolute Gasteiger partial charge is 0.497 e. The lowest BCUT2D eigenvalue weighted by molar-refractivity contribution is -0.131. The molecule has 1 amide bonds. The van der Waals surface area contributed by atoms with Crippen LogP contribution < -0.4 is 9.64 Å². The Morgan fingerprint density at radius 2 is 1.72 bits per heavy atom. The van der Waals surface area contributed by atoms with Gasteiger partial charge in [0.15, 0.2) is 15.0 Å². The summed E-state index contributed by atoms with van der Waals surface area (Å²) in [6.45, 7) is 6.70. The van der Waals surface area contributed by atoms with Crippen LogP contribution in [0.4, 0.5) is 5.13 Å². The van der Waals surface area contributed by atoms with E-state index in [0.29, 0.717) is 31.9 Å². The maximum absolute atomic E-state index is 12.6. The maximum atomic E-state index is 12.6. The third-order valence-corrected chi connectivity index (χ3v) is 8.71. The summed E-state index contributed by atoms with van der Waals surface area (Å²) in [5.41, 5.74) is 3.50. The van der Waals surface area contributed by atoms with Crippen molar-refractivity contribution in [2.24, 2.45) is 0 Å². The third kappa shape index (κ3) is 4.73. The van der Waals surface area contributed by atoms with Gasteiger partial charge >= 0.3 is 0 Å². The van der Waals surface area contributed by atoms with Gasteiger partial charge in [0.25, 0.3) is 0 Å². The first-order valence-electron chi connectivity index (χ1n) is 10.5. The molecule has 1 saturated heterocycles. The number of anilines is 1. The number of nitrogens with zero attached hydrogens (tertiary/aromatic N) is 3. The summed E-state index contributed by atoms with van der Waals surface area (Å²) in [4.78, 5) is 21.6. The molecule has 2 heterocycles. The average Bonchev–Trinajstić information content (AvgIpc) is 3.20. The first-order chi connectivity index (χ1) is 15.3. The fraction of sp³-hybridized carbons (Fsp3) is 0.391. The molecule has 1 aliphatic heterocycles. The molecule has 0 radical (unpaired) electrons. The number of amides is 1. The Balaban J connectivity index is 1.33. The van der Waals surface area contributed by atoms with Crippen LogP contribution >= 0.6 is 11.3 Å². The Morgan fingerprint density at radius 1 is 1.06 bits per heavy atom. The van der Waals surface area contributed by atoms with Crippen LogP contribution in [-0.4, -0.2) is 63.3 Å². The number of thiazole rings is 1. The Kier molecular flexibility index (Phi) is 6.39. The molecule has 32 heavy (non-hydrogen) atoms. The summed E-state index contributed by atoms with van der Waals surface area (Å²) >= 11 is 1.67. The fourth-order valence-electron chi connectivity index (χ4n) is 3.73. The maximum Gasteiger partial charge on any atom is 0.223 e. The summed E-state index contributed by atoms with van der Waals surface area (Å²) in [6.07, 6.45) is -0.0198. The molecule has 170 valence electrons. The van der Waals surface area contributed by atoms with E-state index in [9.17, 15) is 13.2 Å². The van der Waals surface area contributed by atoms with E-state index in [1.165, 1.54) is 35.1 Å². The van der Waals surface area contributed by atoms with Crippen molar-refractivity contribution in [3.05, 3.63) is 47.5 Å². The van der Waals surface area contributed by atoms with Gasteiger partial charge in [0.05, 0.1) is 28.0 Å². The SMILES string of the molecule is COc1ccc(S(=O)(=O)CCC(=O)N2CCN(c3nc4cc(C)c(C)cc4s3)CC2)cc1. The number of piperazine rings is 1. The molecule has 9 heteroatoms. The van der Waals surface area contributed by atoms with Crippen LogP contribution in [0, 0.1) is 13.8 Å². The summed E-state index contributed by atoms with van der Waals surface area (Å²) < 4.78 is 31.4. The zero-order chi connectivity index (χ0) is 22.9. The Labute approximate surface area is 192 Å². The van der Waals surface area contributed by atoms with Gasteiger partial charge in [-0.2, -0.15) is 0 Å². The normalized spacial score (nSPS) is 14.7. The molecular formula is C23H27N3O4S2. The zero-order valence-electron chi connectivity index (χ0n) is 18.5. The second-order valence-electron chi connectivity index (χ2n) is 8.01. The van der Waals surface area contributed by atoms with Crippen molar-refractivity contribution < 1.29 is 17.9 Å². The summed E-state index contributed by atoms with van der Waals surface area (Å²) in [5.74, 6) is 0.267.